The molecule has 0 heterocycles. The van der Waals surface area contributed by atoms with Crippen LogP contribution >= 0.6 is 0 Å². The van der Waals surface area contributed by atoms with Crippen molar-refractivity contribution in [2.75, 3.05) is 0 Å². The summed E-state index contributed by atoms with van der Waals surface area (Å²) in [6.07, 6.45) is 0.284. The number of hydrogen-bond acceptors (Lipinski definition) is 5. The predicted octanol–water partition coefficient (Wildman–Crippen LogP) is 1.70. The second-order valence-electron chi connectivity index (χ2n) is 3.96. The molecule has 0 aliphatic rings. The number of nitro benzene ring substituents is 1. The normalized spacial score (nSPS) is 12.7. The maximum atomic E-state index is 13.0. The Morgan fingerprint density at radius 1 is 1.55 bits per heavy atom. The molecular formula is C11H12FN3O4S. The number of sulfonamides is 1. The first-order valence-corrected chi connectivity index (χ1v) is 7.13. The van der Waals surface area contributed by atoms with Crippen LogP contribution in [0, 0.1) is 27.3 Å². The van der Waals surface area contributed by atoms with Crippen LogP contribution in [0.3, 0.4) is 0 Å². The highest BCUT2D eigenvalue weighted by Gasteiger charge is 2.28. The van der Waals surface area contributed by atoms with E-state index in [1.165, 1.54) is 0 Å². The Morgan fingerprint density at radius 3 is 2.70 bits per heavy atom. The Hall–Kier alpha value is -2.05. The average molecular weight is 301 g/mol. The molecule has 1 unspecified atom stereocenters. The minimum absolute atomic E-state index is 0.0648. The Labute approximate surface area is 115 Å². The molecule has 1 N–H and O–H groups in total. The Morgan fingerprint density at radius 2 is 2.20 bits per heavy atom. The molecule has 9 heteroatoms. The van der Waals surface area contributed by atoms with E-state index >= 15 is 0 Å². The lowest BCUT2D eigenvalue weighted by Gasteiger charge is -2.13. The fourth-order valence-corrected chi connectivity index (χ4v) is 2.99. The topological polar surface area (TPSA) is 113 Å². The van der Waals surface area contributed by atoms with E-state index in [9.17, 15) is 22.9 Å². The highest BCUT2D eigenvalue weighted by atomic mass is 32.2. The van der Waals surface area contributed by atoms with Gasteiger partial charge >= 0.3 is 0 Å². The molecule has 1 aromatic carbocycles. The number of hydrogen-bond donors (Lipinski definition) is 1. The van der Waals surface area contributed by atoms with Gasteiger partial charge in [-0.2, -0.15) is 5.26 Å². The molecule has 0 spiro atoms. The average Bonchev–Trinajstić information content (AvgIpc) is 2.37. The van der Waals surface area contributed by atoms with Crippen molar-refractivity contribution in [1.29, 1.82) is 5.26 Å². The van der Waals surface area contributed by atoms with Gasteiger partial charge in [0.15, 0.2) is 4.90 Å². The Bertz CT molecular complexity index is 654. The monoisotopic (exact) mass is 301 g/mol. The third-order valence-electron chi connectivity index (χ3n) is 2.56. The quantitative estimate of drug-likeness (QED) is 0.634. The predicted molar refractivity (Wildman–Crippen MR) is 67.7 cm³/mol. The van der Waals surface area contributed by atoms with Crippen molar-refractivity contribution in [2.24, 2.45) is 0 Å². The van der Waals surface area contributed by atoms with Crippen molar-refractivity contribution in [3.63, 3.8) is 0 Å². The van der Waals surface area contributed by atoms with Crippen LogP contribution in [0.4, 0.5) is 10.1 Å². The summed E-state index contributed by atoms with van der Waals surface area (Å²) >= 11 is 0. The summed E-state index contributed by atoms with van der Waals surface area (Å²) in [6, 6.07) is 3.36. The molecule has 0 fully saturated rings. The molecular weight excluding hydrogens is 289 g/mol. The third-order valence-corrected chi connectivity index (χ3v) is 4.13. The number of nitriles is 1. The standard InChI is InChI=1S/C11H12FN3O4S/c1-2-9(5-6-13)14-20(18,19)11-4-3-8(12)7-10(11)15(16)17/h3-4,7,9,14H,2,5H2,1H3. The molecule has 0 radical (unpaired) electrons. The van der Waals surface area contributed by atoms with Gasteiger partial charge in [0.05, 0.1) is 23.5 Å². The number of halogens is 1. The van der Waals surface area contributed by atoms with Crippen LogP contribution in [0.2, 0.25) is 0 Å². The number of rotatable bonds is 6. The van der Waals surface area contributed by atoms with Crippen LogP contribution in [-0.4, -0.2) is 19.4 Å². The Kier molecular flexibility index (Phi) is 5.12. The van der Waals surface area contributed by atoms with E-state index in [1.807, 2.05) is 6.07 Å². The van der Waals surface area contributed by atoms with Crippen LogP contribution in [0.15, 0.2) is 23.1 Å². The van der Waals surface area contributed by atoms with Gasteiger partial charge < -0.3 is 0 Å². The van der Waals surface area contributed by atoms with Gasteiger partial charge in [-0.25, -0.2) is 17.5 Å². The zero-order valence-corrected chi connectivity index (χ0v) is 11.4. The smallest absolute Gasteiger partial charge is 0.258 e. The summed E-state index contributed by atoms with van der Waals surface area (Å²) in [7, 11) is -4.20. The van der Waals surface area contributed by atoms with Gasteiger partial charge in [0.2, 0.25) is 10.0 Å². The highest BCUT2D eigenvalue weighted by molar-refractivity contribution is 7.89. The van der Waals surface area contributed by atoms with Gasteiger partial charge in [-0.3, -0.25) is 10.1 Å². The van der Waals surface area contributed by atoms with Crippen molar-refractivity contribution in [1.82, 2.24) is 4.72 Å². The molecule has 20 heavy (non-hydrogen) atoms. The molecule has 108 valence electrons. The van der Waals surface area contributed by atoms with Crippen molar-refractivity contribution in [3.05, 3.63) is 34.1 Å². The molecule has 0 amide bonds. The van der Waals surface area contributed by atoms with E-state index < -0.39 is 37.4 Å². The van der Waals surface area contributed by atoms with Crippen LogP contribution in [0.25, 0.3) is 0 Å². The van der Waals surface area contributed by atoms with Gasteiger partial charge in [0, 0.05) is 6.04 Å². The van der Waals surface area contributed by atoms with E-state index in [4.69, 9.17) is 5.26 Å². The lowest BCUT2D eigenvalue weighted by Crippen LogP contribution is -2.34. The minimum Gasteiger partial charge on any atom is -0.258 e. The maximum Gasteiger partial charge on any atom is 0.292 e. The van der Waals surface area contributed by atoms with Crippen molar-refractivity contribution < 1.29 is 17.7 Å². The maximum absolute atomic E-state index is 13.0. The van der Waals surface area contributed by atoms with Crippen LogP contribution in [0.5, 0.6) is 0 Å². The molecule has 0 aromatic heterocycles. The number of nitro groups is 1. The van der Waals surface area contributed by atoms with Gasteiger partial charge in [-0.1, -0.05) is 6.92 Å². The fraction of sp³-hybridized carbons (Fsp3) is 0.364. The molecule has 0 bridgehead atoms. The molecule has 1 aromatic rings. The number of nitrogens with one attached hydrogen (secondary N) is 1. The number of benzene rings is 1. The first-order chi connectivity index (χ1) is 9.31. The zero-order valence-electron chi connectivity index (χ0n) is 10.5. The summed E-state index contributed by atoms with van der Waals surface area (Å²) in [6.45, 7) is 1.67. The van der Waals surface area contributed by atoms with E-state index in [1.54, 1.807) is 6.92 Å². The Balaban J connectivity index is 3.22. The van der Waals surface area contributed by atoms with Crippen molar-refractivity contribution in [3.8, 4) is 6.07 Å². The fourth-order valence-electron chi connectivity index (χ4n) is 1.52. The van der Waals surface area contributed by atoms with Gasteiger partial charge in [-0.15, -0.1) is 0 Å². The summed E-state index contributed by atoms with van der Waals surface area (Å²) < 4.78 is 39.3. The van der Waals surface area contributed by atoms with E-state index in [0.29, 0.717) is 12.5 Å². The lowest BCUT2D eigenvalue weighted by molar-refractivity contribution is -0.388. The van der Waals surface area contributed by atoms with Crippen molar-refractivity contribution >= 4 is 15.7 Å². The van der Waals surface area contributed by atoms with Crippen LogP contribution < -0.4 is 4.72 Å². The molecule has 1 atom stereocenters. The first kappa shape index (κ1) is 16.0. The molecule has 0 saturated carbocycles. The van der Waals surface area contributed by atoms with E-state index in [-0.39, 0.29) is 6.42 Å². The second kappa shape index (κ2) is 6.40. The summed E-state index contributed by atoms with van der Waals surface area (Å²) in [5.74, 6) is -0.903. The third kappa shape index (κ3) is 3.72. The first-order valence-electron chi connectivity index (χ1n) is 5.65. The van der Waals surface area contributed by atoms with Crippen molar-refractivity contribution in [2.45, 2.75) is 30.7 Å². The van der Waals surface area contributed by atoms with Gasteiger partial charge in [-0.05, 0) is 18.6 Å². The largest absolute Gasteiger partial charge is 0.292 e. The van der Waals surface area contributed by atoms with Crippen LogP contribution in [-0.2, 0) is 10.0 Å². The van der Waals surface area contributed by atoms with E-state index in [2.05, 4.69) is 4.72 Å². The summed E-state index contributed by atoms with van der Waals surface area (Å²) in [5, 5.41) is 19.4. The van der Waals surface area contributed by atoms with Gasteiger partial charge in [0.1, 0.15) is 5.82 Å². The van der Waals surface area contributed by atoms with E-state index in [0.717, 1.165) is 12.1 Å². The molecule has 0 aliphatic heterocycles. The zero-order chi connectivity index (χ0) is 15.3. The molecule has 1 rings (SSSR count). The molecule has 7 nitrogen and oxygen atoms in total. The van der Waals surface area contributed by atoms with Gasteiger partial charge in [0.25, 0.3) is 5.69 Å². The SMILES string of the molecule is CCC(CC#N)NS(=O)(=O)c1ccc(F)cc1[N+](=O)[O-]. The number of nitrogens with zero attached hydrogens (tertiary/aromatic N) is 2. The highest BCUT2D eigenvalue weighted by Crippen LogP contribution is 2.24. The summed E-state index contributed by atoms with van der Waals surface area (Å²) in [4.78, 5) is 9.20. The molecule has 0 aliphatic carbocycles. The lowest BCUT2D eigenvalue weighted by atomic mass is 10.2. The minimum atomic E-state index is -4.20. The second-order valence-corrected chi connectivity index (χ2v) is 5.64. The summed E-state index contributed by atoms with van der Waals surface area (Å²) in [5.41, 5.74) is -0.843. The molecule has 0 saturated heterocycles. The van der Waals surface area contributed by atoms with Crippen LogP contribution in [0.1, 0.15) is 19.8 Å².